The van der Waals surface area contributed by atoms with E-state index < -0.39 is 0 Å². The fourth-order valence-corrected chi connectivity index (χ4v) is 1.20. The minimum Gasteiger partial charge on any atom is -0.395 e. The third-order valence-corrected chi connectivity index (χ3v) is 1.87. The van der Waals surface area contributed by atoms with E-state index in [2.05, 4.69) is 10.4 Å². The third-order valence-electron chi connectivity index (χ3n) is 1.87. The van der Waals surface area contributed by atoms with E-state index in [0.717, 1.165) is 5.56 Å². The Balaban J connectivity index is 2.56. The summed E-state index contributed by atoms with van der Waals surface area (Å²) in [4.78, 5) is 0. The van der Waals surface area contributed by atoms with Crippen molar-refractivity contribution in [3.05, 3.63) is 18.0 Å². The Morgan fingerprint density at radius 3 is 3.00 bits per heavy atom. The molecule has 0 aromatic carbocycles. The van der Waals surface area contributed by atoms with Crippen molar-refractivity contribution in [1.82, 2.24) is 15.1 Å². The molecule has 4 N–H and O–H groups in total. The van der Waals surface area contributed by atoms with Crippen LogP contribution in [0.3, 0.4) is 0 Å². The molecule has 13 heavy (non-hydrogen) atoms. The second kappa shape index (κ2) is 4.96. The number of aryl methyl sites for hydroxylation is 1. The molecule has 0 saturated carbocycles. The standard InChI is InChI=1S/C8H16N4O/c1-12-6-7(5-11-12)8(4-9)10-2-3-13/h5-6,8,10,13H,2-4,9H2,1H3. The van der Waals surface area contributed by atoms with Gasteiger partial charge in [0, 0.05) is 37.9 Å². The SMILES string of the molecule is Cn1cc(C(CN)NCCO)cn1. The van der Waals surface area contributed by atoms with Gasteiger partial charge >= 0.3 is 0 Å². The lowest BCUT2D eigenvalue weighted by Crippen LogP contribution is -2.30. The average Bonchev–Trinajstić information content (AvgIpc) is 2.54. The molecule has 1 rings (SSSR count). The summed E-state index contributed by atoms with van der Waals surface area (Å²) in [7, 11) is 1.86. The molecule has 5 nitrogen and oxygen atoms in total. The first-order valence-corrected chi connectivity index (χ1v) is 4.30. The molecule has 0 aliphatic rings. The van der Waals surface area contributed by atoms with E-state index in [9.17, 15) is 0 Å². The number of nitrogens with zero attached hydrogens (tertiary/aromatic N) is 2. The van der Waals surface area contributed by atoms with Crippen molar-refractivity contribution < 1.29 is 5.11 Å². The average molecular weight is 184 g/mol. The molecule has 1 heterocycles. The Morgan fingerprint density at radius 1 is 1.77 bits per heavy atom. The number of nitrogens with one attached hydrogen (secondary N) is 1. The van der Waals surface area contributed by atoms with Gasteiger partial charge in [-0.3, -0.25) is 4.68 Å². The van der Waals surface area contributed by atoms with Gasteiger partial charge in [-0.05, 0) is 0 Å². The van der Waals surface area contributed by atoms with Gasteiger partial charge in [0.2, 0.25) is 0 Å². The second-order valence-corrected chi connectivity index (χ2v) is 2.91. The number of hydrogen-bond acceptors (Lipinski definition) is 4. The van der Waals surface area contributed by atoms with E-state index in [1.54, 1.807) is 10.9 Å². The maximum Gasteiger partial charge on any atom is 0.0556 e. The summed E-state index contributed by atoms with van der Waals surface area (Å²) in [6.45, 7) is 1.18. The summed E-state index contributed by atoms with van der Waals surface area (Å²) in [5.74, 6) is 0. The summed E-state index contributed by atoms with van der Waals surface area (Å²) < 4.78 is 1.73. The Hall–Kier alpha value is -0.910. The zero-order chi connectivity index (χ0) is 9.68. The molecule has 1 unspecified atom stereocenters. The largest absolute Gasteiger partial charge is 0.395 e. The van der Waals surface area contributed by atoms with Crippen LogP contribution in [0.1, 0.15) is 11.6 Å². The molecule has 0 saturated heterocycles. The molecule has 1 aromatic heterocycles. The highest BCUT2D eigenvalue weighted by atomic mass is 16.3. The van der Waals surface area contributed by atoms with Crippen LogP contribution in [0.25, 0.3) is 0 Å². The number of hydrogen-bond donors (Lipinski definition) is 3. The topological polar surface area (TPSA) is 76.1 Å². The molecule has 5 heteroatoms. The fourth-order valence-electron chi connectivity index (χ4n) is 1.20. The quantitative estimate of drug-likeness (QED) is 0.548. The third kappa shape index (κ3) is 2.80. The number of aromatic nitrogens is 2. The highest BCUT2D eigenvalue weighted by Gasteiger charge is 2.09. The van der Waals surface area contributed by atoms with Crippen LogP contribution in [0, 0.1) is 0 Å². The van der Waals surface area contributed by atoms with Crippen molar-refractivity contribution in [3.63, 3.8) is 0 Å². The fraction of sp³-hybridized carbons (Fsp3) is 0.625. The van der Waals surface area contributed by atoms with Gasteiger partial charge in [-0.25, -0.2) is 0 Å². The lowest BCUT2D eigenvalue weighted by Gasteiger charge is -2.13. The Morgan fingerprint density at radius 2 is 2.54 bits per heavy atom. The molecule has 0 spiro atoms. The minimum atomic E-state index is 0.0841. The maximum absolute atomic E-state index is 8.64. The first-order valence-electron chi connectivity index (χ1n) is 4.30. The molecule has 0 radical (unpaired) electrons. The number of aliphatic hydroxyl groups excluding tert-OH is 1. The van der Waals surface area contributed by atoms with Crippen molar-refractivity contribution in [2.24, 2.45) is 12.8 Å². The van der Waals surface area contributed by atoms with Crippen LogP contribution in [0.2, 0.25) is 0 Å². The number of nitrogens with two attached hydrogens (primary N) is 1. The van der Waals surface area contributed by atoms with Gasteiger partial charge in [0.15, 0.2) is 0 Å². The lowest BCUT2D eigenvalue weighted by molar-refractivity contribution is 0.285. The van der Waals surface area contributed by atoms with E-state index in [1.807, 2.05) is 13.2 Å². The summed E-state index contributed by atoms with van der Waals surface area (Å²) >= 11 is 0. The molecule has 0 bridgehead atoms. The van der Waals surface area contributed by atoms with Crippen LogP contribution in [0.5, 0.6) is 0 Å². The first-order chi connectivity index (χ1) is 6.27. The summed E-state index contributed by atoms with van der Waals surface area (Å²) in [6, 6.07) is 0.0841. The van der Waals surface area contributed by atoms with Crippen molar-refractivity contribution in [1.29, 1.82) is 0 Å². The lowest BCUT2D eigenvalue weighted by atomic mass is 10.1. The van der Waals surface area contributed by atoms with Crippen LogP contribution in [-0.2, 0) is 7.05 Å². The van der Waals surface area contributed by atoms with E-state index in [4.69, 9.17) is 10.8 Å². The van der Waals surface area contributed by atoms with Crippen molar-refractivity contribution in [3.8, 4) is 0 Å². The molecular formula is C8H16N4O. The van der Waals surface area contributed by atoms with Crippen molar-refractivity contribution >= 4 is 0 Å². The monoisotopic (exact) mass is 184 g/mol. The predicted octanol–water partition coefficient (Wildman–Crippen LogP) is -0.998. The molecule has 0 aliphatic heterocycles. The smallest absolute Gasteiger partial charge is 0.0556 e. The number of aliphatic hydroxyl groups is 1. The highest BCUT2D eigenvalue weighted by molar-refractivity contribution is 5.10. The van der Waals surface area contributed by atoms with E-state index in [0.29, 0.717) is 13.1 Å². The Labute approximate surface area is 77.5 Å². The summed E-state index contributed by atoms with van der Waals surface area (Å²) in [5, 5.41) is 15.8. The number of rotatable bonds is 5. The minimum absolute atomic E-state index is 0.0841. The molecule has 74 valence electrons. The van der Waals surface area contributed by atoms with Crippen LogP contribution in [-0.4, -0.2) is 34.6 Å². The normalized spacial score (nSPS) is 13.2. The van der Waals surface area contributed by atoms with Crippen LogP contribution < -0.4 is 11.1 Å². The van der Waals surface area contributed by atoms with E-state index >= 15 is 0 Å². The van der Waals surface area contributed by atoms with Gasteiger partial charge in [0.05, 0.1) is 12.8 Å². The molecular weight excluding hydrogens is 168 g/mol. The Kier molecular flexibility index (Phi) is 3.88. The molecule has 1 aromatic rings. The second-order valence-electron chi connectivity index (χ2n) is 2.91. The molecule has 0 aliphatic carbocycles. The van der Waals surface area contributed by atoms with Crippen LogP contribution in [0.4, 0.5) is 0 Å². The first kappa shape index (κ1) is 10.2. The molecule has 0 fully saturated rings. The van der Waals surface area contributed by atoms with Crippen LogP contribution >= 0.6 is 0 Å². The van der Waals surface area contributed by atoms with E-state index in [-0.39, 0.29) is 12.6 Å². The predicted molar refractivity (Wildman–Crippen MR) is 50.1 cm³/mol. The highest BCUT2D eigenvalue weighted by Crippen LogP contribution is 2.08. The van der Waals surface area contributed by atoms with Gasteiger partial charge in [-0.1, -0.05) is 0 Å². The molecule has 1 atom stereocenters. The maximum atomic E-state index is 8.64. The van der Waals surface area contributed by atoms with Crippen LogP contribution in [0.15, 0.2) is 12.4 Å². The summed E-state index contributed by atoms with van der Waals surface area (Å²) in [6.07, 6.45) is 3.70. The van der Waals surface area contributed by atoms with Gasteiger partial charge < -0.3 is 16.2 Å². The van der Waals surface area contributed by atoms with Crippen molar-refractivity contribution in [2.75, 3.05) is 19.7 Å². The van der Waals surface area contributed by atoms with Gasteiger partial charge in [-0.15, -0.1) is 0 Å². The van der Waals surface area contributed by atoms with Crippen molar-refractivity contribution in [2.45, 2.75) is 6.04 Å². The zero-order valence-corrected chi connectivity index (χ0v) is 7.77. The summed E-state index contributed by atoms with van der Waals surface area (Å²) in [5.41, 5.74) is 6.63. The van der Waals surface area contributed by atoms with Gasteiger partial charge in [0.25, 0.3) is 0 Å². The molecule has 0 amide bonds. The van der Waals surface area contributed by atoms with E-state index in [1.165, 1.54) is 0 Å². The van der Waals surface area contributed by atoms with Gasteiger partial charge in [0.1, 0.15) is 0 Å². The Bertz CT molecular complexity index is 248. The van der Waals surface area contributed by atoms with Gasteiger partial charge in [-0.2, -0.15) is 5.10 Å². The zero-order valence-electron chi connectivity index (χ0n) is 7.77.